The van der Waals surface area contributed by atoms with Crippen LogP contribution in [-0.4, -0.2) is 12.3 Å². The van der Waals surface area contributed by atoms with E-state index in [1.54, 1.807) is 7.11 Å². The minimum absolute atomic E-state index is 0.667. The van der Waals surface area contributed by atoms with E-state index in [-0.39, 0.29) is 0 Å². The summed E-state index contributed by atoms with van der Waals surface area (Å²) in [7, 11) is 1.71. The second kappa shape index (κ2) is 12.6. The van der Waals surface area contributed by atoms with Crippen LogP contribution in [0.3, 0.4) is 0 Å². The number of thiocarbonyl (C=S) groups is 1. The number of isothiocyanates is 1. The van der Waals surface area contributed by atoms with Gasteiger partial charge in [-0.05, 0) is 92.1 Å². The highest BCUT2D eigenvalue weighted by molar-refractivity contribution is 7.78. The highest BCUT2D eigenvalue weighted by Gasteiger charge is 2.31. The molecular weight excluding hydrogens is 386 g/mol. The monoisotopic (exact) mass is 427 g/mol. The van der Waals surface area contributed by atoms with Gasteiger partial charge in [0.05, 0.1) is 12.3 Å². The van der Waals surface area contributed by atoms with Gasteiger partial charge in [-0.3, -0.25) is 0 Å². The highest BCUT2D eigenvalue weighted by atomic mass is 32.1. The topological polar surface area (TPSA) is 21.6 Å². The summed E-state index contributed by atoms with van der Waals surface area (Å²) < 4.78 is 5.52. The Morgan fingerprint density at radius 2 is 1.60 bits per heavy atom. The third-order valence-corrected chi connectivity index (χ3v) is 7.98. The van der Waals surface area contributed by atoms with Gasteiger partial charge < -0.3 is 4.74 Å². The first-order chi connectivity index (χ1) is 14.7. The molecule has 3 heteroatoms. The molecule has 3 rings (SSSR count). The Bertz CT molecular complexity index is 680. The van der Waals surface area contributed by atoms with E-state index in [1.807, 2.05) is 6.07 Å². The fourth-order valence-electron chi connectivity index (χ4n) is 6.00. The molecule has 0 aromatic heterocycles. The van der Waals surface area contributed by atoms with E-state index in [4.69, 9.17) is 17.0 Å². The molecule has 2 fully saturated rings. The summed E-state index contributed by atoms with van der Waals surface area (Å²) in [6.07, 6.45) is 20.1. The first kappa shape index (κ1) is 23.5. The molecule has 0 heterocycles. The molecule has 30 heavy (non-hydrogen) atoms. The average molecular weight is 428 g/mol. The molecule has 0 unspecified atom stereocenters. The van der Waals surface area contributed by atoms with E-state index < -0.39 is 0 Å². The van der Waals surface area contributed by atoms with E-state index in [0.717, 1.165) is 29.2 Å². The Hall–Kier alpha value is -1.18. The van der Waals surface area contributed by atoms with Crippen LogP contribution in [0.2, 0.25) is 0 Å². The summed E-state index contributed by atoms with van der Waals surface area (Å²) >= 11 is 4.75. The van der Waals surface area contributed by atoms with Crippen LogP contribution in [0.15, 0.2) is 23.2 Å². The van der Waals surface area contributed by atoms with Crippen molar-refractivity contribution in [1.29, 1.82) is 0 Å². The van der Waals surface area contributed by atoms with E-state index in [1.165, 1.54) is 95.5 Å². The molecule has 2 aliphatic carbocycles. The Morgan fingerprint density at radius 1 is 0.933 bits per heavy atom. The minimum Gasteiger partial charge on any atom is -0.494 e. The first-order valence-corrected chi connectivity index (χ1v) is 12.9. The molecule has 0 atom stereocenters. The fourth-order valence-corrected chi connectivity index (χ4v) is 6.10. The minimum atomic E-state index is 0.667. The van der Waals surface area contributed by atoms with Crippen molar-refractivity contribution in [3.8, 4) is 5.75 Å². The van der Waals surface area contributed by atoms with E-state index in [2.05, 4.69) is 29.2 Å². The van der Waals surface area contributed by atoms with Crippen molar-refractivity contribution < 1.29 is 4.74 Å². The Labute approximate surface area is 189 Å². The average Bonchev–Trinajstić information content (AvgIpc) is 2.80. The van der Waals surface area contributed by atoms with Gasteiger partial charge in [-0.1, -0.05) is 64.4 Å². The van der Waals surface area contributed by atoms with Gasteiger partial charge in [0, 0.05) is 0 Å². The second-order valence-electron chi connectivity index (χ2n) is 9.73. The van der Waals surface area contributed by atoms with Gasteiger partial charge in [-0.15, -0.1) is 0 Å². The molecule has 0 bridgehead atoms. The van der Waals surface area contributed by atoms with Gasteiger partial charge in [0.2, 0.25) is 0 Å². The standard InChI is InChI=1S/C27H41NOS/c1-3-4-5-6-7-8-21-9-11-22(12-10-21)23-13-15-24(16-14-23)25-17-18-26(28-20-30)27(19-25)29-2/h17-19,21-24H,3-16H2,1-2H3. The molecular formula is C27H41NOS. The maximum absolute atomic E-state index is 5.52. The van der Waals surface area contributed by atoms with Gasteiger partial charge in [-0.2, -0.15) is 4.99 Å². The Kier molecular flexibility index (Phi) is 9.88. The number of hydrogen-bond acceptors (Lipinski definition) is 3. The van der Waals surface area contributed by atoms with Crippen LogP contribution in [0, 0.1) is 17.8 Å². The van der Waals surface area contributed by atoms with Gasteiger partial charge in [0.15, 0.2) is 0 Å². The predicted molar refractivity (Wildman–Crippen MR) is 131 cm³/mol. The molecule has 0 spiro atoms. The molecule has 2 saturated carbocycles. The van der Waals surface area contributed by atoms with Crippen molar-refractivity contribution >= 4 is 23.1 Å². The Morgan fingerprint density at radius 3 is 2.23 bits per heavy atom. The van der Waals surface area contributed by atoms with Gasteiger partial charge in [0.1, 0.15) is 11.4 Å². The molecule has 1 aromatic rings. The molecule has 166 valence electrons. The van der Waals surface area contributed by atoms with Crippen LogP contribution in [0.4, 0.5) is 5.69 Å². The van der Waals surface area contributed by atoms with Crippen LogP contribution in [-0.2, 0) is 0 Å². The zero-order valence-electron chi connectivity index (χ0n) is 19.2. The van der Waals surface area contributed by atoms with Gasteiger partial charge in [0.25, 0.3) is 0 Å². The van der Waals surface area contributed by atoms with Crippen molar-refractivity contribution in [1.82, 2.24) is 0 Å². The SMILES string of the molecule is CCCCCCCC1CCC(C2CCC(c3ccc(N=C=S)c(OC)c3)CC2)CC1. The number of methoxy groups -OCH3 is 1. The molecule has 0 saturated heterocycles. The quantitative estimate of drug-likeness (QED) is 0.211. The largest absolute Gasteiger partial charge is 0.494 e. The Balaban J connectivity index is 1.41. The number of rotatable bonds is 10. The van der Waals surface area contributed by atoms with Crippen molar-refractivity contribution in [2.24, 2.45) is 22.7 Å². The summed E-state index contributed by atoms with van der Waals surface area (Å²) in [5.74, 6) is 4.48. The lowest BCUT2D eigenvalue weighted by Gasteiger charge is -2.38. The zero-order chi connectivity index (χ0) is 21.2. The molecule has 0 amide bonds. The summed E-state index contributed by atoms with van der Waals surface area (Å²) in [6.45, 7) is 2.30. The third kappa shape index (κ3) is 6.66. The van der Waals surface area contributed by atoms with E-state index in [0.29, 0.717) is 5.92 Å². The van der Waals surface area contributed by atoms with Crippen LogP contribution in [0.25, 0.3) is 0 Å². The predicted octanol–water partition coefficient (Wildman–Crippen LogP) is 8.87. The van der Waals surface area contributed by atoms with Crippen molar-refractivity contribution in [3.63, 3.8) is 0 Å². The fraction of sp³-hybridized carbons (Fsp3) is 0.741. The number of nitrogens with zero attached hydrogens (tertiary/aromatic N) is 1. The molecule has 0 radical (unpaired) electrons. The molecule has 0 N–H and O–H groups in total. The van der Waals surface area contributed by atoms with Crippen LogP contribution < -0.4 is 4.74 Å². The lowest BCUT2D eigenvalue weighted by atomic mass is 9.68. The van der Waals surface area contributed by atoms with Gasteiger partial charge >= 0.3 is 0 Å². The zero-order valence-corrected chi connectivity index (χ0v) is 20.0. The lowest BCUT2D eigenvalue weighted by Crippen LogP contribution is -2.25. The van der Waals surface area contributed by atoms with Gasteiger partial charge in [-0.25, -0.2) is 0 Å². The van der Waals surface area contributed by atoms with E-state index in [9.17, 15) is 0 Å². The lowest BCUT2D eigenvalue weighted by molar-refractivity contribution is 0.155. The smallest absolute Gasteiger partial charge is 0.145 e. The number of benzene rings is 1. The van der Waals surface area contributed by atoms with Crippen LogP contribution in [0.1, 0.15) is 108 Å². The van der Waals surface area contributed by atoms with Crippen molar-refractivity contribution in [3.05, 3.63) is 23.8 Å². The molecule has 1 aromatic carbocycles. The third-order valence-electron chi connectivity index (χ3n) is 7.89. The molecule has 2 aliphatic rings. The normalized spacial score (nSPS) is 26.7. The highest BCUT2D eigenvalue weighted by Crippen LogP contribution is 2.45. The maximum atomic E-state index is 5.52. The maximum Gasteiger partial charge on any atom is 0.145 e. The number of unbranched alkanes of at least 4 members (excludes halogenated alkanes) is 4. The van der Waals surface area contributed by atoms with E-state index >= 15 is 0 Å². The van der Waals surface area contributed by atoms with Crippen molar-refractivity contribution in [2.75, 3.05) is 7.11 Å². The summed E-state index contributed by atoms with van der Waals surface area (Å²) in [6, 6.07) is 6.41. The first-order valence-electron chi connectivity index (χ1n) is 12.5. The summed E-state index contributed by atoms with van der Waals surface area (Å²) in [5.41, 5.74) is 2.19. The van der Waals surface area contributed by atoms with Crippen LogP contribution in [0.5, 0.6) is 5.75 Å². The summed E-state index contributed by atoms with van der Waals surface area (Å²) in [4.78, 5) is 4.11. The van der Waals surface area contributed by atoms with Crippen LogP contribution >= 0.6 is 12.2 Å². The van der Waals surface area contributed by atoms with Crippen molar-refractivity contribution in [2.45, 2.75) is 103 Å². The second-order valence-corrected chi connectivity index (χ2v) is 9.91. The number of ether oxygens (including phenoxy) is 1. The molecule has 2 nitrogen and oxygen atoms in total. The number of aliphatic imine (C=N–C) groups is 1. The molecule has 0 aliphatic heterocycles. The number of hydrogen-bond donors (Lipinski definition) is 0. The summed E-state index contributed by atoms with van der Waals surface area (Å²) in [5, 5.41) is 2.45.